The molecule has 0 radical (unpaired) electrons. The molecule has 0 saturated carbocycles. The first kappa shape index (κ1) is 13.5. The highest BCUT2D eigenvalue weighted by molar-refractivity contribution is 6.29. The fraction of sp³-hybridized carbons (Fsp3) is 0. The van der Waals surface area contributed by atoms with Gasteiger partial charge in [0.1, 0.15) is 5.15 Å². The molecule has 0 saturated heterocycles. The number of hydrogen-bond donors (Lipinski definition) is 0. The van der Waals surface area contributed by atoms with Gasteiger partial charge in [-0.15, -0.1) is 10.2 Å². The zero-order valence-corrected chi connectivity index (χ0v) is 13.3. The molecule has 5 heteroatoms. The maximum absolute atomic E-state index is 6.38. The van der Waals surface area contributed by atoms with E-state index in [2.05, 4.69) is 45.5 Å². The number of fused-ring (bicyclic) bond motifs is 3. The quantitative estimate of drug-likeness (QED) is 0.416. The summed E-state index contributed by atoms with van der Waals surface area (Å²) in [6.45, 7) is 0. The first-order valence-corrected chi connectivity index (χ1v) is 7.96. The van der Waals surface area contributed by atoms with Gasteiger partial charge in [0.25, 0.3) is 0 Å². The van der Waals surface area contributed by atoms with Crippen LogP contribution in [0.2, 0.25) is 5.15 Å². The topological polar surface area (TPSA) is 43.1 Å². The van der Waals surface area contributed by atoms with Gasteiger partial charge in [-0.3, -0.25) is 9.38 Å². The third-order valence-corrected chi connectivity index (χ3v) is 4.53. The summed E-state index contributed by atoms with van der Waals surface area (Å²) in [5.41, 5.74) is 1.67. The van der Waals surface area contributed by atoms with E-state index < -0.39 is 0 Å². The Morgan fingerprint density at radius 1 is 0.792 bits per heavy atom. The van der Waals surface area contributed by atoms with Crippen molar-refractivity contribution in [1.29, 1.82) is 0 Å². The zero-order valence-electron chi connectivity index (χ0n) is 12.5. The minimum Gasteiger partial charge on any atom is -0.262 e. The Morgan fingerprint density at radius 3 is 2.17 bits per heavy atom. The molecule has 24 heavy (non-hydrogen) atoms. The lowest BCUT2D eigenvalue weighted by atomic mass is 9.96. The Hall–Kier alpha value is -2.98. The van der Waals surface area contributed by atoms with Gasteiger partial charge in [0.2, 0.25) is 0 Å². The van der Waals surface area contributed by atoms with E-state index >= 15 is 0 Å². The smallest absolute Gasteiger partial charge is 0.180 e. The monoisotopic (exact) mass is 330 g/mol. The van der Waals surface area contributed by atoms with Gasteiger partial charge < -0.3 is 0 Å². The van der Waals surface area contributed by atoms with Crippen LogP contribution in [0.4, 0.5) is 0 Å². The lowest BCUT2D eigenvalue weighted by molar-refractivity contribution is 1.12. The second-order valence-corrected chi connectivity index (χ2v) is 6.03. The number of hydrogen-bond acceptors (Lipinski definition) is 3. The largest absolute Gasteiger partial charge is 0.262 e. The van der Waals surface area contributed by atoms with Crippen LogP contribution in [0.25, 0.3) is 38.6 Å². The van der Waals surface area contributed by atoms with Crippen LogP contribution < -0.4 is 0 Å². The molecule has 0 unspecified atom stereocenters. The van der Waals surface area contributed by atoms with Gasteiger partial charge in [-0.25, -0.2) is 0 Å². The summed E-state index contributed by atoms with van der Waals surface area (Å²) in [5, 5.41) is 13.7. The van der Waals surface area contributed by atoms with E-state index in [1.165, 1.54) is 0 Å². The van der Waals surface area contributed by atoms with Crippen LogP contribution in [-0.4, -0.2) is 19.6 Å². The number of halogens is 1. The molecule has 0 amide bonds. The second kappa shape index (κ2) is 5.01. The van der Waals surface area contributed by atoms with Crippen LogP contribution in [-0.2, 0) is 0 Å². The average molecular weight is 331 g/mol. The molecule has 0 bridgehead atoms. The predicted molar refractivity (Wildman–Crippen MR) is 96.2 cm³/mol. The van der Waals surface area contributed by atoms with Gasteiger partial charge in [0.15, 0.2) is 11.5 Å². The van der Waals surface area contributed by atoms with E-state index in [0.717, 1.165) is 32.9 Å². The van der Waals surface area contributed by atoms with E-state index in [4.69, 9.17) is 11.6 Å². The SMILES string of the molecule is Clc1cncc2nnc(-c3c4ccccc4cc4ccccc34)n12. The van der Waals surface area contributed by atoms with E-state index in [1.807, 2.05) is 28.7 Å². The van der Waals surface area contributed by atoms with Crippen LogP contribution in [0.5, 0.6) is 0 Å². The molecule has 0 N–H and O–H groups in total. The maximum Gasteiger partial charge on any atom is 0.180 e. The molecule has 0 aliphatic rings. The Balaban J connectivity index is 2.03. The van der Waals surface area contributed by atoms with Gasteiger partial charge in [-0.05, 0) is 27.6 Å². The Labute approximate surface area is 142 Å². The van der Waals surface area contributed by atoms with Crippen molar-refractivity contribution < 1.29 is 0 Å². The number of rotatable bonds is 1. The van der Waals surface area contributed by atoms with Gasteiger partial charge in [0, 0.05) is 5.56 Å². The molecule has 0 fully saturated rings. The van der Waals surface area contributed by atoms with Crippen molar-refractivity contribution in [3.63, 3.8) is 0 Å². The fourth-order valence-corrected chi connectivity index (χ4v) is 3.45. The standard InChI is InChI=1S/C19H11ClN4/c20-16-10-21-11-17-22-23-19(24(16)17)18-14-7-3-1-5-12(14)9-13-6-2-4-8-15(13)18/h1-11H. The van der Waals surface area contributed by atoms with Crippen molar-refractivity contribution in [2.75, 3.05) is 0 Å². The van der Waals surface area contributed by atoms with Crippen LogP contribution in [0, 0.1) is 0 Å². The van der Waals surface area contributed by atoms with Crippen molar-refractivity contribution in [2.45, 2.75) is 0 Å². The second-order valence-electron chi connectivity index (χ2n) is 5.64. The highest BCUT2D eigenvalue weighted by atomic mass is 35.5. The van der Waals surface area contributed by atoms with Crippen molar-refractivity contribution in [3.8, 4) is 11.4 Å². The first-order chi connectivity index (χ1) is 11.8. The molecule has 4 nitrogen and oxygen atoms in total. The third kappa shape index (κ3) is 1.83. The van der Waals surface area contributed by atoms with E-state index in [-0.39, 0.29) is 0 Å². The normalized spacial score (nSPS) is 11.5. The van der Waals surface area contributed by atoms with Crippen molar-refractivity contribution in [1.82, 2.24) is 19.6 Å². The van der Waals surface area contributed by atoms with Crippen LogP contribution in [0.1, 0.15) is 0 Å². The fourth-order valence-electron chi connectivity index (χ4n) is 3.23. The molecule has 2 heterocycles. The Kier molecular flexibility index (Phi) is 2.81. The molecule has 3 aromatic carbocycles. The van der Waals surface area contributed by atoms with Crippen LogP contribution in [0.3, 0.4) is 0 Å². The number of benzene rings is 3. The molecule has 0 spiro atoms. The summed E-state index contributed by atoms with van der Waals surface area (Å²) in [5.74, 6) is 0.727. The molecule has 114 valence electrons. The lowest BCUT2D eigenvalue weighted by Gasteiger charge is -2.11. The van der Waals surface area contributed by atoms with Crippen molar-refractivity contribution in [3.05, 3.63) is 72.1 Å². The van der Waals surface area contributed by atoms with Crippen molar-refractivity contribution in [2.24, 2.45) is 0 Å². The van der Waals surface area contributed by atoms with Crippen LogP contribution >= 0.6 is 11.6 Å². The summed E-state index contributed by atoms with van der Waals surface area (Å²) in [6.07, 6.45) is 3.27. The maximum atomic E-state index is 6.38. The zero-order chi connectivity index (χ0) is 16.1. The molecule has 0 aliphatic carbocycles. The van der Waals surface area contributed by atoms with Gasteiger partial charge in [-0.1, -0.05) is 60.1 Å². The summed E-state index contributed by atoms with van der Waals surface area (Å²) in [6, 6.07) is 18.8. The van der Waals surface area contributed by atoms with Gasteiger partial charge in [0.05, 0.1) is 12.4 Å². The summed E-state index contributed by atoms with van der Waals surface area (Å²) >= 11 is 6.38. The first-order valence-electron chi connectivity index (χ1n) is 7.58. The Morgan fingerprint density at radius 2 is 1.46 bits per heavy atom. The summed E-state index contributed by atoms with van der Waals surface area (Å²) in [7, 11) is 0. The van der Waals surface area contributed by atoms with Gasteiger partial charge >= 0.3 is 0 Å². The highest BCUT2D eigenvalue weighted by Crippen LogP contribution is 2.36. The van der Waals surface area contributed by atoms with Crippen molar-refractivity contribution >= 4 is 38.8 Å². The molecule has 0 aliphatic heterocycles. The predicted octanol–water partition coefficient (Wildman–Crippen LogP) is 4.75. The summed E-state index contributed by atoms with van der Waals surface area (Å²) < 4.78 is 1.84. The Bertz CT molecular complexity index is 1170. The average Bonchev–Trinajstić information content (AvgIpc) is 3.05. The molecule has 5 rings (SSSR count). The van der Waals surface area contributed by atoms with Crippen LogP contribution in [0.15, 0.2) is 67.0 Å². The lowest BCUT2D eigenvalue weighted by Crippen LogP contribution is -1.94. The van der Waals surface area contributed by atoms with E-state index in [0.29, 0.717) is 10.8 Å². The third-order valence-electron chi connectivity index (χ3n) is 4.27. The molecular weight excluding hydrogens is 320 g/mol. The minimum absolute atomic E-state index is 0.490. The van der Waals surface area contributed by atoms with Gasteiger partial charge in [-0.2, -0.15) is 0 Å². The minimum atomic E-state index is 0.490. The molecule has 2 aromatic heterocycles. The molecular formula is C19H11ClN4. The molecule has 5 aromatic rings. The summed E-state index contributed by atoms with van der Waals surface area (Å²) in [4.78, 5) is 4.09. The molecule has 0 atom stereocenters. The van der Waals surface area contributed by atoms with E-state index in [9.17, 15) is 0 Å². The highest BCUT2D eigenvalue weighted by Gasteiger charge is 2.16. The van der Waals surface area contributed by atoms with E-state index in [1.54, 1.807) is 12.4 Å². The number of nitrogens with zero attached hydrogens (tertiary/aromatic N) is 4. The number of aromatic nitrogens is 4.